The highest BCUT2D eigenvalue weighted by atomic mass is 16.5. The van der Waals surface area contributed by atoms with E-state index >= 15 is 0 Å². The van der Waals surface area contributed by atoms with Crippen LogP contribution in [0.15, 0.2) is 43.1 Å². The van der Waals surface area contributed by atoms with E-state index in [1.54, 1.807) is 20.6 Å². The molecule has 1 aromatic heterocycles. The number of para-hydroxylation sites is 1. The van der Waals surface area contributed by atoms with E-state index in [0.29, 0.717) is 25.2 Å². The molecule has 7 nitrogen and oxygen atoms in total. The van der Waals surface area contributed by atoms with Gasteiger partial charge in [0.15, 0.2) is 0 Å². The first-order valence-corrected chi connectivity index (χ1v) is 8.83. The van der Waals surface area contributed by atoms with Gasteiger partial charge in [-0.1, -0.05) is 24.8 Å². The van der Waals surface area contributed by atoms with Crippen molar-refractivity contribution in [2.24, 2.45) is 0 Å². The first kappa shape index (κ1) is 18.7. The minimum absolute atomic E-state index is 0.0506. The van der Waals surface area contributed by atoms with Crippen LogP contribution >= 0.6 is 0 Å². The van der Waals surface area contributed by atoms with Crippen molar-refractivity contribution in [2.45, 2.75) is 19.5 Å². The molecule has 7 heteroatoms. The molecule has 1 saturated heterocycles. The third-order valence-electron chi connectivity index (χ3n) is 4.93. The molecule has 1 aromatic carbocycles. The number of hydrogen-bond donors (Lipinski definition) is 0. The number of aromatic nitrogens is 1. The third-order valence-corrected chi connectivity index (χ3v) is 4.93. The van der Waals surface area contributed by atoms with Crippen molar-refractivity contribution in [1.29, 1.82) is 0 Å². The molecule has 0 N–H and O–H groups in total. The number of carbonyl (C=O) groups excluding carboxylic acids is 3. The summed E-state index contributed by atoms with van der Waals surface area (Å²) in [5.41, 5.74) is 1.25. The molecule has 0 radical (unpaired) electrons. The first-order chi connectivity index (χ1) is 13.0. The Morgan fingerprint density at radius 3 is 2.67 bits per heavy atom. The maximum Gasteiger partial charge on any atom is 0.340 e. The summed E-state index contributed by atoms with van der Waals surface area (Å²) >= 11 is 0. The molecular weight excluding hydrogens is 346 g/mol. The third kappa shape index (κ3) is 3.58. The second-order valence-corrected chi connectivity index (χ2v) is 6.60. The van der Waals surface area contributed by atoms with Gasteiger partial charge in [0.05, 0.1) is 12.7 Å². The number of esters is 1. The van der Waals surface area contributed by atoms with Crippen LogP contribution in [0.1, 0.15) is 17.3 Å². The van der Waals surface area contributed by atoms with Crippen LogP contribution in [0.4, 0.5) is 0 Å². The molecule has 0 saturated carbocycles. The van der Waals surface area contributed by atoms with Gasteiger partial charge in [0.2, 0.25) is 11.8 Å². The summed E-state index contributed by atoms with van der Waals surface area (Å²) in [5.74, 6) is -0.597. The van der Waals surface area contributed by atoms with Crippen molar-refractivity contribution >= 4 is 28.7 Å². The molecule has 1 aliphatic heterocycles. The minimum atomic E-state index is -0.428. The number of piperazine rings is 1. The predicted molar refractivity (Wildman–Crippen MR) is 101 cm³/mol. The Hall–Kier alpha value is -3.09. The van der Waals surface area contributed by atoms with Crippen LogP contribution in [0.2, 0.25) is 0 Å². The zero-order valence-corrected chi connectivity index (χ0v) is 15.6. The van der Waals surface area contributed by atoms with Gasteiger partial charge in [0.1, 0.15) is 6.54 Å². The van der Waals surface area contributed by atoms with E-state index in [9.17, 15) is 14.4 Å². The molecule has 27 heavy (non-hydrogen) atoms. The summed E-state index contributed by atoms with van der Waals surface area (Å²) < 4.78 is 6.62. The molecule has 1 atom stereocenters. The molecule has 142 valence electrons. The molecule has 1 aliphatic rings. The van der Waals surface area contributed by atoms with Crippen LogP contribution in [-0.2, 0) is 20.9 Å². The molecule has 3 rings (SSSR count). The number of carbonyl (C=O) groups is 3. The average molecular weight is 369 g/mol. The topological polar surface area (TPSA) is 71.9 Å². The number of hydrogen-bond acceptors (Lipinski definition) is 4. The number of amides is 2. The first-order valence-electron chi connectivity index (χ1n) is 8.83. The second kappa shape index (κ2) is 7.65. The van der Waals surface area contributed by atoms with Crippen molar-refractivity contribution in [1.82, 2.24) is 14.4 Å². The van der Waals surface area contributed by atoms with Gasteiger partial charge in [-0.15, -0.1) is 0 Å². The van der Waals surface area contributed by atoms with Crippen LogP contribution in [0, 0.1) is 0 Å². The summed E-state index contributed by atoms with van der Waals surface area (Å²) in [5, 5.41) is 0.756. The molecule has 1 fully saturated rings. The van der Waals surface area contributed by atoms with Crippen molar-refractivity contribution in [3.8, 4) is 0 Å². The Labute approximate surface area is 157 Å². The monoisotopic (exact) mass is 369 g/mol. The van der Waals surface area contributed by atoms with Gasteiger partial charge >= 0.3 is 5.97 Å². The molecule has 0 aliphatic carbocycles. The van der Waals surface area contributed by atoms with E-state index < -0.39 is 5.97 Å². The molecule has 2 aromatic rings. The van der Waals surface area contributed by atoms with Gasteiger partial charge in [-0.2, -0.15) is 0 Å². The van der Waals surface area contributed by atoms with Crippen molar-refractivity contribution in [3.05, 3.63) is 48.7 Å². The van der Waals surface area contributed by atoms with Crippen molar-refractivity contribution < 1.29 is 19.1 Å². The van der Waals surface area contributed by atoms with Gasteiger partial charge < -0.3 is 19.1 Å². The second-order valence-electron chi connectivity index (χ2n) is 6.60. The summed E-state index contributed by atoms with van der Waals surface area (Å²) in [6.07, 6.45) is 2.96. The van der Waals surface area contributed by atoms with E-state index in [-0.39, 0.29) is 24.4 Å². The van der Waals surface area contributed by atoms with Gasteiger partial charge in [-0.25, -0.2) is 4.79 Å². The lowest BCUT2D eigenvalue weighted by Gasteiger charge is -2.39. The van der Waals surface area contributed by atoms with Crippen molar-refractivity contribution in [2.75, 3.05) is 26.7 Å². The lowest BCUT2D eigenvalue weighted by atomic mass is 10.2. The Morgan fingerprint density at radius 2 is 2.00 bits per heavy atom. The molecule has 2 heterocycles. The number of methoxy groups -OCH3 is 1. The zero-order valence-electron chi connectivity index (χ0n) is 15.6. The number of ether oxygens (including phenoxy) is 1. The summed E-state index contributed by atoms with van der Waals surface area (Å²) in [6.45, 7) is 7.00. The van der Waals surface area contributed by atoms with Crippen LogP contribution in [0.3, 0.4) is 0 Å². The molecule has 0 unspecified atom stereocenters. The number of fused-ring (bicyclic) bond motifs is 1. The van der Waals surface area contributed by atoms with E-state index in [1.807, 2.05) is 31.2 Å². The fourth-order valence-corrected chi connectivity index (χ4v) is 3.54. The predicted octanol–water partition coefficient (Wildman–Crippen LogP) is 1.67. The standard InChI is InChI=1S/C20H23N3O4/c1-4-18(24)21-9-10-23(14(2)11-21)19(25)13-22-12-16(20(26)27-3)15-7-5-6-8-17(15)22/h4-8,12,14H,1,9-11,13H2,2-3H3/t14-/m0/s1. The summed E-state index contributed by atoms with van der Waals surface area (Å²) in [4.78, 5) is 40.2. The largest absolute Gasteiger partial charge is 0.465 e. The van der Waals surface area contributed by atoms with Crippen LogP contribution in [-0.4, -0.2) is 64.9 Å². The van der Waals surface area contributed by atoms with Crippen molar-refractivity contribution in [3.63, 3.8) is 0 Å². The molecule has 0 bridgehead atoms. The summed E-state index contributed by atoms with van der Waals surface area (Å²) in [6, 6.07) is 7.34. The van der Waals surface area contributed by atoms with Gasteiger partial charge in [0.25, 0.3) is 0 Å². The normalized spacial score (nSPS) is 17.0. The fraction of sp³-hybridized carbons (Fsp3) is 0.350. The summed E-state index contributed by atoms with van der Waals surface area (Å²) in [7, 11) is 1.34. The van der Waals surface area contributed by atoms with E-state index in [4.69, 9.17) is 4.74 Å². The number of benzene rings is 1. The smallest absolute Gasteiger partial charge is 0.340 e. The van der Waals surface area contributed by atoms with E-state index in [2.05, 4.69) is 6.58 Å². The highest BCUT2D eigenvalue weighted by molar-refractivity contribution is 6.04. The van der Waals surface area contributed by atoms with Crippen LogP contribution in [0.5, 0.6) is 0 Å². The number of rotatable bonds is 4. The maximum atomic E-state index is 12.9. The average Bonchev–Trinajstić information content (AvgIpc) is 3.05. The zero-order chi connectivity index (χ0) is 19.6. The van der Waals surface area contributed by atoms with Crippen LogP contribution < -0.4 is 0 Å². The van der Waals surface area contributed by atoms with E-state index in [0.717, 1.165) is 10.9 Å². The minimum Gasteiger partial charge on any atom is -0.465 e. The lowest BCUT2D eigenvalue weighted by Crippen LogP contribution is -2.55. The Kier molecular flexibility index (Phi) is 5.30. The Balaban J connectivity index is 1.80. The highest BCUT2D eigenvalue weighted by Gasteiger charge is 2.29. The van der Waals surface area contributed by atoms with Crippen LogP contribution in [0.25, 0.3) is 10.9 Å². The number of nitrogens with zero attached hydrogens (tertiary/aromatic N) is 3. The maximum absolute atomic E-state index is 12.9. The Bertz CT molecular complexity index is 902. The van der Waals surface area contributed by atoms with Gasteiger partial charge in [-0.05, 0) is 19.1 Å². The lowest BCUT2D eigenvalue weighted by molar-refractivity contribution is -0.140. The fourth-order valence-electron chi connectivity index (χ4n) is 3.54. The van der Waals surface area contributed by atoms with Gasteiger partial charge in [-0.3, -0.25) is 9.59 Å². The van der Waals surface area contributed by atoms with Gasteiger partial charge in [0, 0.05) is 42.8 Å². The molecular formula is C20H23N3O4. The molecule has 0 spiro atoms. The highest BCUT2D eigenvalue weighted by Crippen LogP contribution is 2.22. The quantitative estimate of drug-likeness (QED) is 0.607. The SMILES string of the molecule is C=CC(=O)N1CCN(C(=O)Cn2cc(C(=O)OC)c3ccccc32)[C@@H](C)C1. The Morgan fingerprint density at radius 1 is 1.26 bits per heavy atom. The molecule has 2 amide bonds. The van der Waals surface area contributed by atoms with E-state index in [1.165, 1.54) is 13.2 Å².